The van der Waals surface area contributed by atoms with Crippen LogP contribution in [0.3, 0.4) is 0 Å². The van der Waals surface area contributed by atoms with Crippen LogP contribution in [0.15, 0.2) is 35.7 Å². The third-order valence-electron chi connectivity index (χ3n) is 3.28. The van der Waals surface area contributed by atoms with Gasteiger partial charge < -0.3 is 10.5 Å². The van der Waals surface area contributed by atoms with Crippen LogP contribution in [-0.4, -0.2) is 18.1 Å². The molecule has 1 aromatic heterocycles. The highest BCUT2D eigenvalue weighted by Crippen LogP contribution is 2.22. The summed E-state index contributed by atoms with van der Waals surface area (Å²) in [4.78, 5) is 3.81. The molecule has 1 heterocycles. The fraction of sp³-hybridized carbons (Fsp3) is 0.375. The molecule has 1 aromatic carbocycles. The zero-order chi connectivity index (χ0) is 14.5. The van der Waals surface area contributed by atoms with Crippen molar-refractivity contribution in [2.24, 2.45) is 0 Å². The largest absolute Gasteiger partial charge is 0.497 e. The number of benzene rings is 1. The molecule has 0 saturated carbocycles. The van der Waals surface area contributed by atoms with Crippen molar-refractivity contribution in [2.45, 2.75) is 33.0 Å². The molecule has 108 valence electrons. The number of nitrogens with two attached hydrogens (primary N) is 1. The van der Waals surface area contributed by atoms with E-state index in [9.17, 15) is 0 Å². The lowest BCUT2D eigenvalue weighted by molar-refractivity contribution is 0.205. The molecule has 0 fully saturated rings. The average molecular weight is 290 g/mol. The van der Waals surface area contributed by atoms with E-state index in [1.165, 1.54) is 10.4 Å². The zero-order valence-corrected chi connectivity index (χ0v) is 13.1. The number of anilines is 1. The minimum atomic E-state index is 0.476. The predicted octanol–water partition coefficient (Wildman–Crippen LogP) is 3.75. The minimum absolute atomic E-state index is 0.476. The highest BCUT2D eigenvalue weighted by molar-refractivity contribution is 7.09. The predicted molar refractivity (Wildman–Crippen MR) is 86.1 cm³/mol. The van der Waals surface area contributed by atoms with Crippen molar-refractivity contribution in [3.63, 3.8) is 0 Å². The highest BCUT2D eigenvalue weighted by Gasteiger charge is 2.12. The molecule has 2 rings (SSSR count). The van der Waals surface area contributed by atoms with Gasteiger partial charge >= 0.3 is 0 Å². The van der Waals surface area contributed by atoms with Crippen molar-refractivity contribution < 1.29 is 4.74 Å². The minimum Gasteiger partial charge on any atom is -0.497 e. The molecule has 4 heteroatoms. The Kier molecular flexibility index (Phi) is 5.04. The summed E-state index contributed by atoms with van der Waals surface area (Å²) in [6.07, 6.45) is 0. The Morgan fingerprint density at radius 3 is 2.65 bits per heavy atom. The number of rotatable bonds is 6. The molecular weight excluding hydrogens is 268 g/mol. The van der Waals surface area contributed by atoms with Crippen LogP contribution in [0.1, 0.15) is 24.3 Å². The van der Waals surface area contributed by atoms with Gasteiger partial charge in [0, 0.05) is 35.8 Å². The van der Waals surface area contributed by atoms with Crippen molar-refractivity contribution in [3.8, 4) is 5.75 Å². The van der Waals surface area contributed by atoms with E-state index in [1.807, 2.05) is 12.1 Å². The molecule has 20 heavy (non-hydrogen) atoms. The van der Waals surface area contributed by atoms with Gasteiger partial charge in [0.2, 0.25) is 0 Å². The lowest BCUT2D eigenvalue weighted by atomic mass is 10.1. The van der Waals surface area contributed by atoms with Gasteiger partial charge in [0.15, 0.2) is 0 Å². The van der Waals surface area contributed by atoms with Crippen molar-refractivity contribution in [1.29, 1.82) is 0 Å². The van der Waals surface area contributed by atoms with Crippen molar-refractivity contribution >= 4 is 17.0 Å². The Morgan fingerprint density at radius 1 is 1.25 bits per heavy atom. The molecule has 0 unspecified atom stereocenters. The molecule has 3 nitrogen and oxygen atoms in total. The number of nitrogens with zero attached hydrogens (tertiary/aromatic N) is 1. The van der Waals surface area contributed by atoms with E-state index in [0.717, 1.165) is 24.5 Å². The topological polar surface area (TPSA) is 38.5 Å². The summed E-state index contributed by atoms with van der Waals surface area (Å²) in [5.41, 5.74) is 7.86. The summed E-state index contributed by atoms with van der Waals surface area (Å²) >= 11 is 1.80. The molecule has 2 aromatic rings. The van der Waals surface area contributed by atoms with Crippen LogP contribution >= 0.6 is 11.3 Å². The van der Waals surface area contributed by atoms with E-state index in [2.05, 4.69) is 42.3 Å². The second kappa shape index (κ2) is 6.77. The van der Waals surface area contributed by atoms with Crippen LogP contribution in [0, 0.1) is 0 Å². The van der Waals surface area contributed by atoms with E-state index < -0.39 is 0 Å². The Labute approximate surface area is 125 Å². The van der Waals surface area contributed by atoms with E-state index >= 15 is 0 Å². The van der Waals surface area contributed by atoms with Gasteiger partial charge in [-0.2, -0.15) is 0 Å². The SMILES string of the molecule is COc1cc(N)cc(CN(Cc2cccs2)C(C)C)c1. The van der Waals surface area contributed by atoms with Gasteiger partial charge in [-0.25, -0.2) is 0 Å². The standard InChI is InChI=1S/C16H22N2OS/c1-12(2)18(11-16-5-4-6-20-16)10-13-7-14(17)9-15(8-13)19-3/h4-9,12H,10-11,17H2,1-3H3. The smallest absolute Gasteiger partial charge is 0.121 e. The van der Waals surface area contributed by atoms with E-state index in [0.29, 0.717) is 6.04 Å². The third-order valence-corrected chi connectivity index (χ3v) is 4.14. The van der Waals surface area contributed by atoms with Crippen LogP contribution < -0.4 is 10.5 Å². The van der Waals surface area contributed by atoms with Gasteiger partial charge in [-0.15, -0.1) is 11.3 Å². The first-order valence-corrected chi connectivity index (χ1v) is 7.66. The monoisotopic (exact) mass is 290 g/mol. The Bertz CT molecular complexity index is 537. The molecule has 0 aliphatic heterocycles. The van der Waals surface area contributed by atoms with Gasteiger partial charge in [-0.3, -0.25) is 4.90 Å². The van der Waals surface area contributed by atoms with Crippen LogP contribution in [0.25, 0.3) is 0 Å². The quantitative estimate of drug-likeness (QED) is 0.823. The number of hydrogen-bond acceptors (Lipinski definition) is 4. The van der Waals surface area contributed by atoms with Crippen LogP contribution in [-0.2, 0) is 13.1 Å². The first-order valence-electron chi connectivity index (χ1n) is 6.78. The normalized spacial score (nSPS) is 11.2. The van der Waals surface area contributed by atoms with Gasteiger partial charge in [-0.1, -0.05) is 6.07 Å². The Morgan fingerprint density at radius 2 is 2.05 bits per heavy atom. The Hall–Kier alpha value is -1.52. The summed E-state index contributed by atoms with van der Waals surface area (Å²) in [7, 11) is 1.67. The molecular formula is C16H22N2OS. The van der Waals surface area contributed by atoms with E-state index in [4.69, 9.17) is 10.5 Å². The maximum atomic E-state index is 5.93. The molecule has 0 spiro atoms. The van der Waals surface area contributed by atoms with E-state index in [-0.39, 0.29) is 0 Å². The van der Waals surface area contributed by atoms with Gasteiger partial charge in [0.25, 0.3) is 0 Å². The zero-order valence-electron chi connectivity index (χ0n) is 12.3. The summed E-state index contributed by atoms with van der Waals surface area (Å²) in [5, 5.41) is 2.12. The lowest BCUT2D eigenvalue weighted by Crippen LogP contribution is -2.29. The van der Waals surface area contributed by atoms with Crippen molar-refractivity contribution in [1.82, 2.24) is 4.90 Å². The molecule has 0 atom stereocenters. The summed E-state index contributed by atoms with van der Waals surface area (Å²) in [6, 6.07) is 10.7. The third kappa shape index (κ3) is 3.99. The first kappa shape index (κ1) is 14.9. The summed E-state index contributed by atoms with van der Waals surface area (Å²) in [6.45, 7) is 6.28. The second-order valence-corrected chi connectivity index (χ2v) is 6.22. The maximum absolute atomic E-state index is 5.93. The molecule has 0 amide bonds. The molecule has 0 aliphatic rings. The number of ether oxygens (including phenoxy) is 1. The van der Waals surface area contributed by atoms with Gasteiger partial charge in [0.1, 0.15) is 5.75 Å². The first-order chi connectivity index (χ1) is 9.58. The van der Waals surface area contributed by atoms with Crippen molar-refractivity contribution in [2.75, 3.05) is 12.8 Å². The summed E-state index contributed by atoms with van der Waals surface area (Å²) < 4.78 is 5.29. The highest BCUT2D eigenvalue weighted by atomic mass is 32.1. The summed E-state index contributed by atoms with van der Waals surface area (Å²) in [5.74, 6) is 0.819. The average Bonchev–Trinajstić information content (AvgIpc) is 2.90. The Balaban J connectivity index is 2.13. The molecule has 0 saturated heterocycles. The fourth-order valence-electron chi connectivity index (χ4n) is 2.15. The fourth-order valence-corrected chi connectivity index (χ4v) is 2.88. The van der Waals surface area contributed by atoms with E-state index in [1.54, 1.807) is 18.4 Å². The van der Waals surface area contributed by atoms with Crippen LogP contribution in [0.2, 0.25) is 0 Å². The molecule has 0 bridgehead atoms. The number of nitrogen functional groups attached to an aromatic ring is 1. The van der Waals surface area contributed by atoms with Crippen molar-refractivity contribution in [3.05, 3.63) is 46.2 Å². The number of methoxy groups -OCH3 is 1. The molecule has 2 N–H and O–H groups in total. The van der Waals surface area contributed by atoms with Crippen LogP contribution in [0.5, 0.6) is 5.75 Å². The van der Waals surface area contributed by atoms with Gasteiger partial charge in [0.05, 0.1) is 7.11 Å². The maximum Gasteiger partial charge on any atom is 0.121 e. The number of thiophene rings is 1. The number of hydrogen-bond donors (Lipinski definition) is 1. The lowest BCUT2D eigenvalue weighted by Gasteiger charge is -2.26. The molecule has 0 radical (unpaired) electrons. The van der Waals surface area contributed by atoms with Gasteiger partial charge in [-0.05, 0) is 43.0 Å². The molecule has 0 aliphatic carbocycles. The second-order valence-electron chi connectivity index (χ2n) is 5.19. The van der Waals surface area contributed by atoms with Crippen LogP contribution in [0.4, 0.5) is 5.69 Å².